The summed E-state index contributed by atoms with van der Waals surface area (Å²) in [6, 6.07) is 72.9. The molecule has 59 heavy (non-hydrogen) atoms. The molecular weight excluding hydrogens is 713 g/mol. The van der Waals surface area contributed by atoms with Gasteiger partial charge in [0.1, 0.15) is 0 Å². The molecule has 4 aliphatic rings. The van der Waals surface area contributed by atoms with Gasteiger partial charge in [-0.15, -0.1) is 0 Å². The Kier molecular flexibility index (Phi) is 7.85. The van der Waals surface area contributed by atoms with E-state index >= 15 is 0 Å². The third kappa shape index (κ3) is 5.05. The Morgan fingerprint density at radius 3 is 1.61 bits per heavy atom. The van der Waals surface area contributed by atoms with Gasteiger partial charge < -0.3 is 9.80 Å². The summed E-state index contributed by atoms with van der Waals surface area (Å²) in [7, 11) is 0. The second-order valence-corrected chi connectivity index (χ2v) is 17.2. The van der Waals surface area contributed by atoms with Crippen LogP contribution >= 0.6 is 0 Å². The van der Waals surface area contributed by atoms with Crippen molar-refractivity contribution in [1.82, 2.24) is 0 Å². The van der Waals surface area contributed by atoms with Crippen LogP contribution in [-0.4, -0.2) is 0 Å². The summed E-state index contributed by atoms with van der Waals surface area (Å²) in [6.45, 7) is 2.26. The van der Waals surface area contributed by atoms with Gasteiger partial charge in [0, 0.05) is 34.1 Å². The molecule has 4 unspecified atom stereocenters. The minimum Gasteiger partial charge on any atom is -0.310 e. The quantitative estimate of drug-likeness (QED) is 0.160. The fourth-order valence-electron chi connectivity index (χ4n) is 12.2. The predicted octanol–water partition coefficient (Wildman–Crippen LogP) is 14.5. The summed E-state index contributed by atoms with van der Waals surface area (Å²) in [5, 5.41) is 0. The van der Waals surface area contributed by atoms with Crippen LogP contribution in [-0.2, 0) is 18.3 Å². The molecule has 0 N–H and O–H groups in total. The second-order valence-electron chi connectivity index (χ2n) is 17.2. The molecule has 0 radical (unpaired) electrons. The van der Waals surface area contributed by atoms with Gasteiger partial charge >= 0.3 is 0 Å². The van der Waals surface area contributed by atoms with Crippen LogP contribution in [0.1, 0.15) is 63.3 Å². The maximum Gasteiger partial charge on any atom is 0.0505 e. The number of para-hydroxylation sites is 3. The third-order valence-corrected chi connectivity index (χ3v) is 14.3. The number of rotatable bonds is 7. The van der Waals surface area contributed by atoms with Gasteiger partial charge in [-0.3, -0.25) is 0 Å². The van der Waals surface area contributed by atoms with E-state index in [0.717, 1.165) is 12.8 Å². The summed E-state index contributed by atoms with van der Waals surface area (Å²) >= 11 is 0. The molecule has 8 aromatic rings. The first kappa shape index (κ1) is 34.4. The SMILES string of the molecule is Cc1ccccc1N(c1ccccc1)c1cccc2c1C13c4c(cccc4N(c4ccccc4)c4ccc5c(c4)C(c4ccccc4)c4ccccc4-5)CC1CCC3C2. The molecule has 2 heteroatoms. The maximum absolute atomic E-state index is 2.60. The highest BCUT2D eigenvalue weighted by Crippen LogP contribution is 2.69. The zero-order chi connectivity index (χ0) is 39.1. The molecule has 0 aromatic heterocycles. The molecule has 0 amide bonds. The highest BCUT2D eigenvalue weighted by atomic mass is 15.2. The largest absolute Gasteiger partial charge is 0.310 e. The van der Waals surface area contributed by atoms with E-state index in [1.54, 1.807) is 11.1 Å². The Bertz CT molecular complexity index is 2870. The number of anilines is 6. The van der Waals surface area contributed by atoms with Crippen LogP contribution in [0.15, 0.2) is 194 Å². The van der Waals surface area contributed by atoms with Gasteiger partial charge in [0.15, 0.2) is 0 Å². The Hall–Kier alpha value is -6.64. The standard InChI is InChI=1S/C57H46N2/c1-38-17-11-14-28-51(38)59(45-24-9-4-10-25-45)53-30-16-21-41-36-43-32-31-42-35-40-20-15-29-52(55(40)57(42,43)56(41)53)58(44-22-7-3-8-23-44)46-33-34-48-47-26-12-13-27-49(47)54(50(48)37-46)39-18-5-2-6-19-39/h2-30,33-34,37,42-43,54H,31-32,35-36H2,1H3. The number of hydrogen-bond donors (Lipinski definition) is 0. The van der Waals surface area contributed by atoms with E-state index in [1.165, 1.54) is 91.5 Å². The summed E-state index contributed by atoms with van der Waals surface area (Å²) in [5.74, 6) is 1.25. The summed E-state index contributed by atoms with van der Waals surface area (Å²) in [6.07, 6.45) is 4.74. The Balaban J connectivity index is 1.10. The van der Waals surface area contributed by atoms with E-state index in [1.807, 2.05) is 0 Å². The highest BCUT2D eigenvalue weighted by molar-refractivity contribution is 5.89. The Labute approximate surface area is 348 Å². The predicted molar refractivity (Wildman–Crippen MR) is 244 cm³/mol. The molecule has 1 saturated carbocycles. The van der Waals surface area contributed by atoms with Crippen molar-refractivity contribution in [1.29, 1.82) is 0 Å². The van der Waals surface area contributed by atoms with E-state index < -0.39 is 0 Å². The van der Waals surface area contributed by atoms with Crippen molar-refractivity contribution in [3.8, 4) is 11.1 Å². The lowest BCUT2D eigenvalue weighted by atomic mass is 9.68. The highest BCUT2D eigenvalue weighted by Gasteiger charge is 2.62. The van der Waals surface area contributed by atoms with Gasteiger partial charge in [-0.25, -0.2) is 0 Å². The fourth-order valence-corrected chi connectivity index (χ4v) is 12.2. The third-order valence-electron chi connectivity index (χ3n) is 14.3. The molecule has 2 nitrogen and oxygen atoms in total. The summed E-state index contributed by atoms with van der Waals surface area (Å²) in [4.78, 5) is 5.17. The van der Waals surface area contributed by atoms with Crippen LogP contribution in [0.25, 0.3) is 11.1 Å². The minimum absolute atomic E-state index is 0.111. The molecule has 0 saturated heterocycles. The van der Waals surface area contributed by atoms with Crippen LogP contribution in [0, 0.1) is 18.8 Å². The monoisotopic (exact) mass is 758 g/mol. The van der Waals surface area contributed by atoms with Crippen molar-refractivity contribution in [3.63, 3.8) is 0 Å². The molecule has 4 atom stereocenters. The van der Waals surface area contributed by atoms with Gasteiger partial charge in [0.25, 0.3) is 0 Å². The molecule has 0 aliphatic heterocycles. The Morgan fingerprint density at radius 2 is 0.949 bits per heavy atom. The van der Waals surface area contributed by atoms with E-state index in [-0.39, 0.29) is 11.3 Å². The molecular formula is C57H46N2. The lowest BCUT2D eigenvalue weighted by molar-refractivity contribution is 0.350. The van der Waals surface area contributed by atoms with Crippen molar-refractivity contribution in [2.24, 2.45) is 11.8 Å². The van der Waals surface area contributed by atoms with Crippen LogP contribution < -0.4 is 9.80 Å². The molecule has 0 bridgehead atoms. The number of hydrogen-bond acceptors (Lipinski definition) is 2. The zero-order valence-electron chi connectivity index (χ0n) is 33.4. The molecule has 4 aliphatic carbocycles. The fraction of sp³-hybridized carbons (Fsp3) is 0.158. The summed E-state index contributed by atoms with van der Waals surface area (Å²) in [5.41, 5.74) is 21.6. The average molecular weight is 759 g/mol. The van der Waals surface area contributed by atoms with Crippen LogP contribution in [0.5, 0.6) is 0 Å². The second kappa shape index (κ2) is 13.5. The molecule has 1 fully saturated rings. The number of aryl methyl sites for hydroxylation is 1. The van der Waals surface area contributed by atoms with Gasteiger partial charge in [0.05, 0.1) is 11.4 Å². The topological polar surface area (TPSA) is 6.48 Å². The van der Waals surface area contributed by atoms with Crippen LogP contribution in [0.4, 0.5) is 34.1 Å². The number of nitrogens with zero attached hydrogens (tertiary/aromatic N) is 2. The molecule has 1 spiro atoms. The lowest BCUT2D eigenvalue weighted by Crippen LogP contribution is -2.34. The van der Waals surface area contributed by atoms with Gasteiger partial charge in [0.2, 0.25) is 0 Å². The minimum atomic E-state index is -0.111. The molecule has 12 rings (SSSR count). The molecule has 8 aromatic carbocycles. The molecule has 284 valence electrons. The van der Waals surface area contributed by atoms with Crippen LogP contribution in [0.3, 0.4) is 0 Å². The maximum atomic E-state index is 2.60. The average Bonchev–Trinajstić information content (AvgIpc) is 4.01. The first-order valence-corrected chi connectivity index (χ1v) is 21.5. The van der Waals surface area contributed by atoms with E-state index in [0.29, 0.717) is 11.8 Å². The normalized spacial score (nSPS) is 20.3. The van der Waals surface area contributed by atoms with Crippen molar-refractivity contribution in [3.05, 3.63) is 239 Å². The van der Waals surface area contributed by atoms with E-state index in [2.05, 4.69) is 211 Å². The number of fused-ring (bicyclic) bond motifs is 5. The van der Waals surface area contributed by atoms with Crippen molar-refractivity contribution in [2.45, 2.75) is 43.9 Å². The van der Waals surface area contributed by atoms with Crippen molar-refractivity contribution < 1.29 is 0 Å². The van der Waals surface area contributed by atoms with Gasteiger partial charge in [-0.05, 0) is 155 Å². The Morgan fingerprint density at radius 1 is 0.424 bits per heavy atom. The van der Waals surface area contributed by atoms with E-state index in [4.69, 9.17) is 0 Å². The lowest BCUT2D eigenvalue weighted by Gasteiger charge is -2.40. The van der Waals surface area contributed by atoms with Crippen LogP contribution in [0.2, 0.25) is 0 Å². The summed E-state index contributed by atoms with van der Waals surface area (Å²) < 4.78 is 0. The smallest absolute Gasteiger partial charge is 0.0505 e. The first-order valence-electron chi connectivity index (χ1n) is 21.5. The number of benzene rings is 8. The first-order chi connectivity index (χ1) is 29.2. The van der Waals surface area contributed by atoms with E-state index in [9.17, 15) is 0 Å². The van der Waals surface area contributed by atoms with Crippen molar-refractivity contribution in [2.75, 3.05) is 9.80 Å². The zero-order valence-corrected chi connectivity index (χ0v) is 33.4. The molecule has 0 heterocycles. The van der Waals surface area contributed by atoms with Gasteiger partial charge in [-0.1, -0.05) is 140 Å². The van der Waals surface area contributed by atoms with Crippen molar-refractivity contribution >= 4 is 34.1 Å². The van der Waals surface area contributed by atoms with Gasteiger partial charge in [-0.2, -0.15) is 0 Å².